The number of fused-ring (bicyclic) bond motifs is 1. The number of methoxy groups -OCH3 is 2. The Morgan fingerprint density at radius 2 is 1.78 bits per heavy atom. The highest BCUT2D eigenvalue weighted by atomic mass is 16.5. The molecule has 7 heteroatoms. The smallest absolute Gasteiger partial charge is 0.226 e. The highest BCUT2D eigenvalue weighted by Crippen LogP contribution is 2.33. The summed E-state index contributed by atoms with van der Waals surface area (Å²) >= 11 is 0. The number of benzene rings is 3. The first-order chi connectivity index (χ1) is 15.6. The lowest BCUT2D eigenvalue weighted by Gasteiger charge is -2.13. The van der Waals surface area contributed by atoms with Gasteiger partial charge in [0.15, 0.2) is 0 Å². The SMILES string of the molecule is COc1ccc(-c2cc(NC(=O)CCn3ncc(=O)c4ccccc43)ccc2OC)cc1. The lowest BCUT2D eigenvalue weighted by Crippen LogP contribution is -2.18. The zero-order valence-electron chi connectivity index (χ0n) is 17.9. The van der Waals surface area contributed by atoms with E-state index >= 15 is 0 Å². The van der Waals surface area contributed by atoms with Crippen LogP contribution < -0.4 is 20.2 Å². The average molecular weight is 429 g/mol. The summed E-state index contributed by atoms with van der Waals surface area (Å²) in [7, 11) is 3.24. The van der Waals surface area contributed by atoms with Gasteiger partial charge in [-0.15, -0.1) is 0 Å². The van der Waals surface area contributed by atoms with Gasteiger partial charge in [-0.2, -0.15) is 5.10 Å². The molecule has 7 nitrogen and oxygen atoms in total. The first kappa shape index (κ1) is 21.1. The molecule has 4 rings (SSSR count). The Morgan fingerprint density at radius 1 is 1.00 bits per heavy atom. The fraction of sp³-hybridized carbons (Fsp3) is 0.160. The van der Waals surface area contributed by atoms with Gasteiger partial charge in [-0.25, -0.2) is 0 Å². The number of anilines is 1. The molecule has 0 aliphatic heterocycles. The van der Waals surface area contributed by atoms with Gasteiger partial charge in [-0.1, -0.05) is 24.3 Å². The van der Waals surface area contributed by atoms with E-state index in [0.717, 1.165) is 16.9 Å². The van der Waals surface area contributed by atoms with Crippen molar-refractivity contribution in [3.05, 3.63) is 83.2 Å². The number of hydrogen-bond donors (Lipinski definition) is 1. The van der Waals surface area contributed by atoms with E-state index in [4.69, 9.17) is 9.47 Å². The molecule has 1 heterocycles. The van der Waals surface area contributed by atoms with Crippen LogP contribution in [0.3, 0.4) is 0 Å². The summed E-state index contributed by atoms with van der Waals surface area (Å²) in [5.41, 5.74) is 3.05. The summed E-state index contributed by atoms with van der Waals surface area (Å²) in [5.74, 6) is 1.32. The van der Waals surface area contributed by atoms with Crippen LogP contribution in [0.4, 0.5) is 5.69 Å². The molecule has 0 saturated carbocycles. The monoisotopic (exact) mass is 429 g/mol. The first-order valence-corrected chi connectivity index (χ1v) is 10.2. The largest absolute Gasteiger partial charge is 0.497 e. The molecule has 0 spiro atoms. The molecule has 0 bridgehead atoms. The molecule has 0 radical (unpaired) electrons. The van der Waals surface area contributed by atoms with E-state index in [-0.39, 0.29) is 17.8 Å². The Hall–Kier alpha value is -4.13. The predicted molar refractivity (Wildman–Crippen MR) is 124 cm³/mol. The number of nitrogens with one attached hydrogen (secondary N) is 1. The van der Waals surface area contributed by atoms with Gasteiger partial charge >= 0.3 is 0 Å². The molecule has 162 valence electrons. The van der Waals surface area contributed by atoms with Crippen molar-refractivity contribution in [3.63, 3.8) is 0 Å². The van der Waals surface area contributed by atoms with Gasteiger partial charge in [0.25, 0.3) is 0 Å². The number of ether oxygens (including phenoxy) is 2. The van der Waals surface area contributed by atoms with Crippen LogP contribution in [-0.4, -0.2) is 29.9 Å². The number of carbonyl (C=O) groups excluding carboxylic acids is 1. The van der Waals surface area contributed by atoms with Crippen LogP contribution >= 0.6 is 0 Å². The second-order valence-electron chi connectivity index (χ2n) is 7.19. The Bertz CT molecular complexity index is 1310. The van der Waals surface area contributed by atoms with Crippen molar-refractivity contribution >= 4 is 22.5 Å². The van der Waals surface area contributed by atoms with Crippen LogP contribution in [0, 0.1) is 0 Å². The molecule has 1 aromatic heterocycles. The number of hydrogen-bond acceptors (Lipinski definition) is 5. The third-order valence-corrected chi connectivity index (χ3v) is 5.20. The molecule has 1 N–H and O–H groups in total. The Morgan fingerprint density at radius 3 is 2.53 bits per heavy atom. The van der Waals surface area contributed by atoms with Crippen LogP contribution in [0.15, 0.2) is 77.7 Å². The molecule has 1 amide bonds. The lowest BCUT2D eigenvalue weighted by atomic mass is 10.0. The summed E-state index contributed by atoms with van der Waals surface area (Å²) in [6.07, 6.45) is 1.49. The molecule has 0 aliphatic rings. The minimum absolute atomic E-state index is 0.134. The number of aromatic nitrogens is 2. The number of para-hydroxylation sites is 1. The van der Waals surface area contributed by atoms with E-state index in [0.29, 0.717) is 28.9 Å². The molecule has 4 aromatic rings. The van der Waals surface area contributed by atoms with E-state index in [1.54, 1.807) is 31.0 Å². The van der Waals surface area contributed by atoms with Crippen molar-refractivity contribution in [1.29, 1.82) is 0 Å². The molecule has 3 aromatic carbocycles. The number of nitrogens with zero attached hydrogens (tertiary/aromatic N) is 2. The standard InChI is InChI=1S/C25H23N3O4/c1-31-19-10-7-17(8-11-19)21-15-18(9-12-24(21)32-2)27-25(30)13-14-28-22-6-4-3-5-20(22)23(29)16-26-28/h3-12,15-16H,13-14H2,1-2H3,(H,27,30). The summed E-state index contributed by atoms with van der Waals surface area (Å²) in [5, 5.41) is 7.69. The fourth-order valence-corrected chi connectivity index (χ4v) is 3.55. The first-order valence-electron chi connectivity index (χ1n) is 10.2. The van der Waals surface area contributed by atoms with Crippen LogP contribution in [0.2, 0.25) is 0 Å². The third-order valence-electron chi connectivity index (χ3n) is 5.20. The normalized spacial score (nSPS) is 10.7. The van der Waals surface area contributed by atoms with Gasteiger partial charge < -0.3 is 14.8 Å². The summed E-state index contributed by atoms with van der Waals surface area (Å²) in [6, 6.07) is 20.4. The molecular weight excluding hydrogens is 406 g/mol. The maximum Gasteiger partial charge on any atom is 0.226 e. The summed E-state index contributed by atoms with van der Waals surface area (Å²) in [6.45, 7) is 0.355. The van der Waals surface area contributed by atoms with Crippen molar-refractivity contribution in [3.8, 4) is 22.6 Å². The van der Waals surface area contributed by atoms with Gasteiger partial charge in [-0.3, -0.25) is 14.3 Å². The fourth-order valence-electron chi connectivity index (χ4n) is 3.55. The molecule has 0 aliphatic carbocycles. The lowest BCUT2D eigenvalue weighted by molar-refractivity contribution is -0.116. The van der Waals surface area contributed by atoms with E-state index in [1.807, 2.05) is 54.6 Å². The van der Waals surface area contributed by atoms with Crippen LogP contribution in [-0.2, 0) is 11.3 Å². The van der Waals surface area contributed by atoms with Crippen LogP contribution in [0.1, 0.15) is 6.42 Å². The molecule has 0 atom stereocenters. The zero-order chi connectivity index (χ0) is 22.5. The van der Waals surface area contributed by atoms with Crippen molar-refractivity contribution < 1.29 is 14.3 Å². The highest BCUT2D eigenvalue weighted by molar-refractivity contribution is 5.92. The van der Waals surface area contributed by atoms with Gasteiger partial charge in [0.2, 0.25) is 11.3 Å². The van der Waals surface area contributed by atoms with Crippen molar-refractivity contribution in [1.82, 2.24) is 9.78 Å². The molecule has 0 unspecified atom stereocenters. The molecule has 0 saturated heterocycles. The Kier molecular flexibility index (Phi) is 6.17. The predicted octanol–water partition coefficient (Wildman–Crippen LogP) is 4.11. The van der Waals surface area contributed by atoms with Gasteiger partial charge in [0.05, 0.1) is 32.5 Å². The molecule has 0 fully saturated rings. The number of rotatable bonds is 7. The average Bonchev–Trinajstić information content (AvgIpc) is 2.84. The highest BCUT2D eigenvalue weighted by Gasteiger charge is 2.11. The Balaban J connectivity index is 1.50. The third kappa shape index (κ3) is 4.46. The van der Waals surface area contributed by atoms with Crippen molar-refractivity contribution in [2.45, 2.75) is 13.0 Å². The minimum atomic E-state index is -0.152. The minimum Gasteiger partial charge on any atom is -0.497 e. The van der Waals surface area contributed by atoms with Gasteiger partial charge in [0, 0.05) is 23.1 Å². The van der Waals surface area contributed by atoms with E-state index in [2.05, 4.69) is 10.4 Å². The van der Waals surface area contributed by atoms with E-state index in [1.165, 1.54) is 6.20 Å². The number of amides is 1. The van der Waals surface area contributed by atoms with Gasteiger partial charge in [-0.05, 0) is 48.0 Å². The maximum absolute atomic E-state index is 12.6. The zero-order valence-corrected chi connectivity index (χ0v) is 17.9. The number of aryl methyl sites for hydroxylation is 1. The summed E-state index contributed by atoms with van der Waals surface area (Å²) < 4.78 is 12.4. The van der Waals surface area contributed by atoms with E-state index in [9.17, 15) is 9.59 Å². The molecular formula is C25H23N3O4. The van der Waals surface area contributed by atoms with Crippen molar-refractivity contribution in [2.75, 3.05) is 19.5 Å². The maximum atomic E-state index is 12.6. The van der Waals surface area contributed by atoms with Gasteiger partial charge in [0.1, 0.15) is 11.5 Å². The van der Waals surface area contributed by atoms with Crippen molar-refractivity contribution in [2.24, 2.45) is 0 Å². The number of carbonyl (C=O) groups is 1. The Labute approximate surface area is 185 Å². The summed E-state index contributed by atoms with van der Waals surface area (Å²) in [4.78, 5) is 24.6. The van der Waals surface area contributed by atoms with Crippen LogP contribution in [0.25, 0.3) is 22.0 Å². The molecule has 32 heavy (non-hydrogen) atoms. The second-order valence-corrected chi connectivity index (χ2v) is 7.19. The van der Waals surface area contributed by atoms with E-state index < -0.39 is 0 Å². The van der Waals surface area contributed by atoms with Crippen LogP contribution in [0.5, 0.6) is 11.5 Å². The quantitative estimate of drug-likeness (QED) is 0.478. The second kappa shape index (κ2) is 9.34. The topological polar surface area (TPSA) is 82.5 Å².